The molecule has 1 aromatic rings. The molecule has 0 radical (unpaired) electrons. The van der Waals surface area contributed by atoms with Gasteiger partial charge in [-0.25, -0.2) is 0 Å². The molecule has 1 fully saturated rings. The minimum absolute atomic E-state index is 0.189. The van der Waals surface area contributed by atoms with Crippen molar-refractivity contribution in [2.45, 2.75) is 40.0 Å². The third-order valence-corrected chi connectivity index (χ3v) is 4.97. The van der Waals surface area contributed by atoms with Gasteiger partial charge in [0.2, 0.25) is 0 Å². The van der Waals surface area contributed by atoms with Gasteiger partial charge in [0.15, 0.2) is 0 Å². The molecule has 1 aromatic carbocycles. The summed E-state index contributed by atoms with van der Waals surface area (Å²) in [5.41, 5.74) is 3.28. The zero-order chi connectivity index (χ0) is 14.8. The Kier molecular flexibility index (Phi) is 4.36. The number of carbonyl (C=O) groups excluding carboxylic acids is 1. The second kappa shape index (κ2) is 5.86. The van der Waals surface area contributed by atoms with Crippen molar-refractivity contribution < 1.29 is 4.79 Å². The van der Waals surface area contributed by atoms with E-state index < -0.39 is 0 Å². The lowest BCUT2D eigenvalue weighted by molar-refractivity contribution is 0.0769. The Morgan fingerprint density at radius 1 is 1.35 bits per heavy atom. The predicted octanol–water partition coefficient (Wildman–Crippen LogP) is 3.69. The van der Waals surface area contributed by atoms with Gasteiger partial charge in [-0.2, -0.15) is 0 Å². The molecule has 0 saturated carbocycles. The molecule has 1 heterocycles. The number of likely N-dealkylation sites (tertiary alicyclic amines) is 1. The molecule has 3 nitrogen and oxygen atoms in total. The maximum Gasteiger partial charge on any atom is 0.254 e. The van der Waals surface area contributed by atoms with E-state index in [1.807, 2.05) is 37.1 Å². The van der Waals surface area contributed by atoms with Crippen molar-refractivity contribution in [1.29, 1.82) is 0 Å². The molecule has 20 heavy (non-hydrogen) atoms. The highest BCUT2D eigenvalue weighted by molar-refractivity contribution is 5.96. The van der Waals surface area contributed by atoms with Crippen molar-refractivity contribution in [1.82, 2.24) is 4.90 Å². The summed E-state index contributed by atoms with van der Waals surface area (Å²) in [6, 6.07) is 5.96. The lowest BCUT2D eigenvalue weighted by atomic mass is 9.82. The average molecular weight is 274 g/mol. The monoisotopic (exact) mass is 274 g/mol. The lowest BCUT2D eigenvalue weighted by Gasteiger charge is -2.26. The first kappa shape index (κ1) is 14.9. The van der Waals surface area contributed by atoms with Gasteiger partial charge in [0.25, 0.3) is 5.91 Å². The van der Waals surface area contributed by atoms with Crippen molar-refractivity contribution in [3.63, 3.8) is 0 Å². The molecule has 110 valence electrons. The largest absolute Gasteiger partial charge is 0.388 e. The van der Waals surface area contributed by atoms with E-state index in [0.717, 1.165) is 49.2 Å². The summed E-state index contributed by atoms with van der Waals surface area (Å²) in [4.78, 5) is 14.7. The number of nitrogens with one attached hydrogen (secondary N) is 1. The van der Waals surface area contributed by atoms with E-state index >= 15 is 0 Å². The van der Waals surface area contributed by atoms with E-state index in [1.165, 1.54) is 0 Å². The second-order valence-corrected chi connectivity index (χ2v) is 5.96. The van der Waals surface area contributed by atoms with Crippen LogP contribution in [-0.4, -0.2) is 30.9 Å². The molecule has 1 N–H and O–H groups in total. The van der Waals surface area contributed by atoms with Crippen LogP contribution in [0.1, 0.15) is 49.0 Å². The Hall–Kier alpha value is -1.51. The van der Waals surface area contributed by atoms with Gasteiger partial charge >= 0.3 is 0 Å². The number of benzene rings is 1. The highest BCUT2D eigenvalue weighted by atomic mass is 16.2. The molecule has 1 saturated heterocycles. The number of amides is 1. The first-order chi connectivity index (χ1) is 9.55. The summed E-state index contributed by atoms with van der Waals surface area (Å²) in [5.74, 6) is 0.189. The predicted molar refractivity (Wildman–Crippen MR) is 84.3 cm³/mol. The van der Waals surface area contributed by atoms with E-state index in [-0.39, 0.29) is 5.91 Å². The average Bonchev–Trinajstić information content (AvgIpc) is 2.91. The number of carbonyl (C=O) groups is 1. The first-order valence-corrected chi connectivity index (χ1v) is 7.63. The zero-order valence-corrected chi connectivity index (χ0v) is 13.1. The quantitative estimate of drug-likeness (QED) is 0.908. The summed E-state index contributed by atoms with van der Waals surface area (Å²) in [5, 5.41) is 3.11. The van der Waals surface area contributed by atoms with Gasteiger partial charge in [-0.3, -0.25) is 4.79 Å². The molecular weight excluding hydrogens is 248 g/mol. The number of hydrogen-bond donors (Lipinski definition) is 1. The molecule has 3 heteroatoms. The van der Waals surface area contributed by atoms with Gasteiger partial charge in [0.05, 0.1) is 0 Å². The Morgan fingerprint density at radius 2 is 2.05 bits per heavy atom. The van der Waals surface area contributed by atoms with Crippen LogP contribution in [0.4, 0.5) is 5.69 Å². The summed E-state index contributed by atoms with van der Waals surface area (Å²) in [6.07, 6.45) is 3.45. The fourth-order valence-electron chi connectivity index (χ4n) is 3.17. The topological polar surface area (TPSA) is 32.3 Å². The van der Waals surface area contributed by atoms with Gasteiger partial charge in [-0.15, -0.1) is 0 Å². The van der Waals surface area contributed by atoms with Crippen molar-refractivity contribution in [3.05, 3.63) is 29.3 Å². The van der Waals surface area contributed by atoms with Crippen LogP contribution < -0.4 is 5.32 Å². The van der Waals surface area contributed by atoms with Crippen LogP contribution in [0.2, 0.25) is 0 Å². The van der Waals surface area contributed by atoms with E-state index in [2.05, 4.69) is 19.2 Å². The number of nitrogens with zero attached hydrogens (tertiary/aromatic N) is 1. The van der Waals surface area contributed by atoms with Crippen molar-refractivity contribution in [3.8, 4) is 0 Å². The maximum absolute atomic E-state index is 12.7. The fraction of sp³-hybridized carbons (Fsp3) is 0.588. The number of hydrogen-bond acceptors (Lipinski definition) is 2. The minimum atomic E-state index is 0.189. The fourth-order valence-corrected chi connectivity index (χ4v) is 3.17. The minimum Gasteiger partial charge on any atom is -0.388 e. The smallest absolute Gasteiger partial charge is 0.254 e. The normalized spacial score (nSPS) is 17.3. The van der Waals surface area contributed by atoms with E-state index in [0.29, 0.717) is 5.41 Å². The number of anilines is 1. The Bertz CT molecular complexity index is 492. The zero-order valence-electron chi connectivity index (χ0n) is 13.1. The highest BCUT2D eigenvalue weighted by Gasteiger charge is 2.37. The van der Waals surface area contributed by atoms with Crippen molar-refractivity contribution in [2.24, 2.45) is 5.41 Å². The van der Waals surface area contributed by atoms with E-state index in [9.17, 15) is 4.79 Å². The highest BCUT2D eigenvalue weighted by Crippen LogP contribution is 2.37. The number of aryl methyl sites for hydroxylation is 1. The molecule has 0 aliphatic carbocycles. The molecule has 1 aliphatic rings. The van der Waals surface area contributed by atoms with E-state index in [1.54, 1.807) is 0 Å². The lowest BCUT2D eigenvalue weighted by Crippen LogP contribution is -2.32. The molecular formula is C17H26N2O. The standard InChI is InChI=1S/C17H26N2O/c1-5-17(6-2)9-10-19(12-17)16(20)15-8-7-14(18-4)11-13(15)3/h7-8,11,18H,5-6,9-10,12H2,1-4H3. The van der Waals surface area contributed by atoms with Crippen LogP contribution in [0.15, 0.2) is 18.2 Å². The van der Waals surface area contributed by atoms with Crippen molar-refractivity contribution in [2.75, 3.05) is 25.5 Å². The Balaban J connectivity index is 2.17. The molecule has 1 aliphatic heterocycles. The molecule has 2 rings (SSSR count). The number of rotatable bonds is 4. The van der Waals surface area contributed by atoms with Crippen molar-refractivity contribution >= 4 is 11.6 Å². The third-order valence-electron chi connectivity index (χ3n) is 4.97. The first-order valence-electron chi connectivity index (χ1n) is 7.63. The Morgan fingerprint density at radius 3 is 2.55 bits per heavy atom. The van der Waals surface area contributed by atoms with Gasteiger partial charge < -0.3 is 10.2 Å². The van der Waals surface area contributed by atoms with Gasteiger partial charge in [-0.05, 0) is 55.4 Å². The summed E-state index contributed by atoms with van der Waals surface area (Å²) < 4.78 is 0. The molecule has 0 bridgehead atoms. The second-order valence-electron chi connectivity index (χ2n) is 5.96. The van der Waals surface area contributed by atoms with E-state index in [4.69, 9.17) is 0 Å². The summed E-state index contributed by atoms with van der Waals surface area (Å²) in [6.45, 7) is 8.30. The molecule has 1 amide bonds. The van der Waals surface area contributed by atoms with Crippen LogP contribution in [0.25, 0.3) is 0 Å². The van der Waals surface area contributed by atoms with Crippen LogP contribution in [0.3, 0.4) is 0 Å². The summed E-state index contributed by atoms with van der Waals surface area (Å²) in [7, 11) is 1.90. The van der Waals surface area contributed by atoms with Crippen LogP contribution in [0.5, 0.6) is 0 Å². The molecule has 0 spiro atoms. The Labute approximate surface area is 122 Å². The maximum atomic E-state index is 12.7. The summed E-state index contributed by atoms with van der Waals surface area (Å²) >= 11 is 0. The third kappa shape index (κ3) is 2.67. The van der Waals surface area contributed by atoms with Crippen LogP contribution >= 0.6 is 0 Å². The van der Waals surface area contributed by atoms with Gasteiger partial charge in [0.1, 0.15) is 0 Å². The van der Waals surface area contributed by atoms with Gasteiger partial charge in [-0.1, -0.05) is 13.8 Å². The van der Waals surface area contributed by atoms with Crippen LogP contribution in [-0.2, 0) is 0 Å². The van der Waals surface area contributed by atoms with Gasteiger partial charge in [0, 0.05) is 31.4 Å². The molecule has 0 atom stereocenters. The molecule has 0 aromatic heterocycles. The SMILES string of the molecule is CCC1(CC)CCN(C(=O)c2ccc(NC)cc2C)C1. The van der Waals surface area contributed by atoms with Crippen LogP contribution in [0, 0.1) is 12.3 Å². The molecule has 0 unspecified atom stereocenters.